The lowest BCUT2D eigenvalue weighted by molar-refractivity contribution is 0.111. The molecule has 37 heavy (non-hydrogen) atoms. The van der Waals surface area contributed by atoms with Crippen LogP contribution in [0.15, 0.2) is 46.7 Å². The van der Waals surface area contributed by atoms with Crippen LogP contribution in [-0.4, -0.2) is 49.0 Å². The number of anilines is 1. The Morgan fingerprint density at radius 1 is 1.11 bits per heavy atom. The van der Waals surface area contributed by atoms with E-state index < -0.39 is 11.0 Å². The minimum atomic E-state index is -1.17. The normalized spacial score (nSPS) is 11.7. The second-order valence-corrected chi connectivity index (χ2v) is 12.7. The van der Waals surface area contributed by atoms with Crippen molar-refractivity contribution >= 4 is 69.3 Å². The van der Waals surface area contributed by atoms with Crippen LogP contribution in [0.2, 0.25) is 10.0 Å². The molecule has 2 aromatic carbocycles. The van der Waals surface area contributed by atoms with E-state index in [-0.39, 0.29) is 0 Å². The highest BCUT2D eigenvalue weighted by Gasteiger charge is 2.23. The lowest BCUT2D eigenvalue weighted by Gasteiger charge is -2.05. The van der Waals surface area contributed by atoms with Crippen molar-refractivity contribution in [1.29, 1.82) is 0 Å². The van der Waals surface area contributed by atoms with E-state index in [9.17, 15) is 9.00 Å². The lowest BCUT2D eigenvalue weighted by Crippen LogP contribution is -2.02. The van der Waals surface area contributed by atoms with Crippen molar-refractivity contribution in [2.24, 2.45) is 0 Å². The van der Waals surface area contributed by atoms with Gasteiger partial charge in [-0.2, -0.15) is 5.10 Å². The van der Waals surface area contributed by atoms with E-state index in [1.54, 1.807) is 34.8 Å². The topological polar surface area (TPSA) is 97.1 Å². The fraction of sp³-hybridized carbons (Fsp3) is 0.240. The van der Waals surface area contributed by atoms with Crippen molar-refractivity contribution < 1.29 is 14.1 Å². The first-order valence-electron chi connectivity index (χ1n) is 11.0. The Kier molecular flexibility index (Phi) is 10.3. The van der Waals surface area contributed by atoms with Crippen molar-refractivity contribution in [2.45, 2.75) is 30.2 Å². The molecule has 0 aliphatic carbocycles. The summed E-state index contributed by atoms with van der Waals surface area (Å²) in [6.07, 6.45) is 2.37. The summed E-state index contributed by atoms with van der Waals surface area (Å²) in [5.74, 6) is 0. The molecule has 2 heterocycles. The maximum atomic E-state index is 12.3. The summed E-state index contributed by atoms with van der Waals surface area (Å²) in [5.41, 5.74) is 5.03. The molecule has 196 valence electrons. The maximum absolute atomic E-state index is 12.3. The maximum Gasteiger partial charge on any atom is 0.212 e. The van der Waals surface area contributed by atoms with Gasteiger partial charge < -0.3 is 9.83 Å². The SMILES string of the molecule is CO.Cc1nn(-c2nc(-c3ccc(Cl)c(Cl)c3)c(SC(C)C)s2)c(C=O)c1-c1ccc(NS(C)=O)cc1. The lowest BCUT2D eigenvalue weighted by atomic mass is 10.0. The summed E-state index contributed by atoms with van der Waals surface area (Å²) in [6, 6.07) is 12.8. The average Bonchev–Trinajstić information content (AvgIpc) is 3.42. The molecule has 0 fully saturated rings. The fourth-order valence-corrected chi connectivity index (χ4v) is 6.78. The summed E-state index contributed by atoms with van der Waals surface area (Å²) >= 11 is 15.6. The minimum absolute atomic E-state index is 0.329. The van der Waals surface area contributed by atoms with Gasteiger partial charge in [0.25, 0.3) is 0 Å². The Morgan fingerprint density at radius 2 is 1.76 bits per heavy atom. The minimum Gasteiger partial charge on any atom is -0.400 e. The van der Waals surface area contributed by atoms with Gasteiger partial charge in [-0.25, -0.2) is 13.9 Å². The third kappa shape index (κ3) is 6.81. The zero-order valence-electron chi connectivity index (χ0n) is 20.8. The highest BCUT2D eigenvalue weighted by Crippen LogP contribution is 2.41. The van der Waals surface area contributed by atoms with Crippen LogP contribution in [0.5, 0.6) is 0 Å². The molecule has 0 aliphatic rings. The van der Waals surface area contributed by atoms with Gasteiger partial charge in [0, 0.05) is 35.4 Å². The molecule has 2 N–H and O–H groups in total. The molecular formula is C25H26Cl2N4O3S3. The summed E-state index contributed by atoms with van der Waals surface area (Å²) < 4.78 is 16.9. The molecule has 0 saturated carbocycles. The van der Waals surface area contributed by atoms with E-state index in [4.69, 9.17) is 33.3 Å². The largest absolute Gasteiger partial charge is 0.400 e. The van der Waals surface area contributed by atoms with Crippen LogP contribution in [0.3, 0.4) is 0 Å². The van der Waals surface area contributed by atoms with Gasteiger partial charge in [-0.3, -0.25) is 4.79 Å². The quantitative estimate of drug-likeness (QED) is 0.169. The number of thioether (sulfide) groups is 1. The first-order chi connectivity index (χ1) is 17.7. The van der Waals surface area contributed by atoms with E-state index in [1.807, 2.05) is 37.3 Å². The molecule has 0 amide bonds. The second-order valence-electron chi connectivity index (χ2n) is 7.94. The molecule has 2 aromatic heterocycles. The molecule has 1 atom stereocenters. The zero-order valence-corrected chi connectivity index (χ0v) is 24.7. The molecule has 4 rings (SSSR count). The van der Waals surface area contributed by atoms with Crippen LogP contribution >= 0.6 is 46.3 Å². The number of hydrogen-bond acceptors (Lipinski definition) is 7. The smallest absolute Gasteiger partial charge is 0.212 e. The van der Waals surface area contributed by atoms with Gasteiger partial charge in [-0.15, -0.1) is 11.8 Å². The van der Waals surface area contributed by atoms with Crippen LogP contribution in [0, 0.1) is 6.92 Å². The van der Waals surface area contributed by atoms with E-state index in [0.29, 0.717) is 31.8 Å². The number of aldehydes is 1. The van der Waals surface area contributed by atoms with E-state index in [2.05, 4.69) is 23.7 Å². The number of aryl methyl sites for hydroxylation is 1. The summed E-state index contributed by atoms with van der Waals surface area (Å²) in [5, 5.41) is 13.5. The predicted octanol–water partition coefficient (Wildman–Crippen LogP) is 6.90. The first-order valence-corrected chi connectivity index (χ1v) is 15.0. The predicted molar refractivity (Wildman–Crippen MR) is 157 cm³/mol. The summed E-state index contributed by atoms with van der Waals surface area (Å²) in [7, 11) is -0.169. The van der Waals surface area contributed by atoms with Gasteiger partial charge in [-0.05, 0) is 36.8 Å². The molecule has 12 heteroatoms. The number of nitrogens with zero attached hydrogens (tertiary/aromatic N) is 3. The summed E-state index contributed by atoms with van der Waals surface area (Å²) in [4.78, 5) is 17.1. The standard InChI is InChI=1S/C24H22Cl2N4O2S3.CH4O/c1-13(2)33-23-22(16-7-10-18(25)19(26)11-16)27-24(34-23)30-20(12-31)21(14(3)28-30)15-5-8-17(9-6-15)29-35(4)32;1-2/h5-13,29H,1-4H3;2H,1H3. The number of thiazole rings is 1. The van der Waals surface area contributed by atoms with Crippen LogP contribution in [0.4, 0.5) is 5.69 Å². The molecule has 0 aliphatic heterocycles. The number of aromatic nitrogens is 3. The number of aliphatic hydroxyl groups is 1. The third-order valence-corrected chi connectivity index (χ3v) is 8.45. The monoisotopic (exact) mass is 596 g/mol. The number of rotatable bonds is 8. The molecule has 0 bridgehead atoms. The van der Waals surface area contributed by atoms with Gasteiger partial charge in [0.1, 0.15) is 16.7 Å². The van der Waals surface area contributed by atoms with Crippen LogP contribution in [-0.2, 0) is 11.0 Å². The molecule has 0 spiro atoms. The second kappa shape index (κ2) is 13.0. The Balaban J connectivity index is 0.00000186. The van der Waals surface area contributed by atoms with Crippen molar-refractivity contribution in [3.8, 4) is 27.5 Å². The molecule has 0 saturated heterocycles. The number of carbonyl (C=O) groups is 1. The Labute approximate surface area is 236 Å². The third-order valence-electron chi connectivity index (χ3n) is 4.94. The highest BCUT2D eigenvalue weighted by atomic mass is 35.5. The number of aliphatic hydroxyl groups excluding tert-OH is 1. The van der Waals surface area contributed by atoms with Gasteiger partial charge in [0.15, 0.2) is 6.29 Å². The van der Waals surface area contributed by atoms with Crippen molar-refractivity contribution in [1.82, 2.24) is 14.8 Å². The molecule has 1 unspecified atom stereocenters. The van der Waals surface area contributed by atoms with Gasteiger partial charge in [0.05, 0.1) is 25.6 Å². The molecule has 4 aromatic rings. The van der Waals surface area contributed by atoms with E-state index in [0.717, 1.165) is 45.7 Å². The van der Waals surface area contributed by atoms with Crippen molar-refractivity contribution in [3.05, 3.63) is 63.9 Å². The van der Waals surface area contributed by atoms with Crippen LogP contribution in [0.1, 0.15) is 30.0 Å². The molecular weight excluding hydrogens is 571 g/mol. The average molecular weight is 598 g/mol. The number of hydrogen-bond donors (Lipinski definition) is 2. The Bertz CT molecular complexity index is 1420. The summed E-state index contributed by atoms with van der Waals surface area (Å²) in [6.45, 7) is 6.09. The number of carbonyl (C=O) groups excluding carboxylic acids is 1. The first kappa shape index (κ1) is 29.3. The van der Waals surface area contributed by atoms with Gasteiger partial charge in [0.2, 0.25) is 5.13 Å². The fourth-order valence-electron chi connectivity index (χ4n) is 3.53. The number of benzene rings is 2. The highest BCUT2D eigenvalue weighted by molar-refractivity contribution is 8.01. The van der Waals surface area contributed by atoms with Crippen molar-refractivity contribution in [2.75, 3.05) is 18.1 Å². The zero-order chi connectivity index (χ0) is 27.3. The Hall–Kier alpha value is -2.21. The van der Waals surface area contributed by atoms with Gasteiger partial charge in [-0.1, -0.05) is 66.6 Å². The molecule has 0 radical (unpaired) electrons. The van der Waals surface area contributed by atoms with Gasteiger partial charge >= 0.3 is 0 Å². The van der Waals surface area contributed by atoms with Crippen LogP contribution < -0.4 is 4.72 Å². The van der Waals surface area contributed by atoms with E-state index >= 15 is 0 Å². The van der Waals surface area contributed by atoms with Crippen LogP contribution in [0.25, 0.3) is 27.5 Å². The van der Waals surface area contributed by atoms with Crippen molar-refractivity contribution in [3.63, 3.8) is 0 Å². The number of halogens is 2. The molecule has 7 nitrogen and oxygen atoms in total. The number of nitrogens with one attached hydrogen (secondary N) is 1. The van der Waals surface area contributed by atoms with E-state index in [1.165, 1.54) is 11.3 Å². The Morgan fingerprint density at radius 3 is 2.32 bits per heavy atom.